The van der Waals surface area contributed by atoms with E-state index >= 15 is 0 Å². The number of benzene rings is 1. The molecule has 7 heteroatoms. The third kappa shape index (κ3) is 3.61. The van der Waals surface area contributed by atoms with E-state index < -0.39 is 17.5 Å². The van der Waals surface area contributed by atoms with Gasteiger partial charge in [0.05, 0.1) is 12.1 Å². The van der Waals surface area contributed by atoms with E-state index in [2.05, 4.69) is 10.3 Å². The van der Waals surface area contributed by atoms with Crippen molar-refractivity contribution in [3.8, 4) is 11.6 Å². The topological polar surface area (TPSA) is 71.5 Å². The molecule has 0 radical (unpaired) electrons. The zero-order valence-electron chi connectivity index (χ0n) is 11.1. The van der Waals surface area contributed by atoms with Crippen molar-refractivity contribution in [2.75, 3.05) is 7.11 Å². The summed E-state index contributed by atoms with van der Waals surface area (Å²) in [5.41, 5.74) is 0.784. The van der Waals surface area contributed by atoms with E-state index in [1.165, 1.54) is 13.2 Å². The summed E-state index contributed by atoms with van der Waals surface area (Å²) in [5.74, 6) is -1.66. The Bertz CT molecular complexity index is 639. The van der Waals surface area contributed by atoms with E-state index in [-0.39, 0.29) is 17.1 Å². The molecule has 2 N–H and O–H groups in total. The monoisotopic (exact) mass is 310 g/mol. The van der Waals surface area contributed by atoms with Crippen molar-refractivity contribution in [1.29, 1.82) is 0 Å². The lowest BCUT2D eigenvalue weighted by Crippen LogP contribution is -2.23. The molecule has 0 unspecified atom stereocenters. The van der Waals surface area contributed by atoms with Crippen LogP contribution in [0.1, 0.15) is 15.9 Å². The van der Waals surface area contributed by atoms with Crippen molar-refractivity contribution < 1.29 is 19.0 Å². The fourth-order valence-electron chi connectivity index (χ4n) is 1.62. The molecule has 0 aliphatic rings. The summed E-state index contributed by atoms with van der Waals surface area (Å²) >= 11 is 5.62. The fourth-order valence-corrected chi connectivity index (χ4v) is 1.83. The van der Waals surface area contributed by atoms with Crippen LogP contribution in [0.3, 0.4) is 0 Å². The SMILES string of the molecule is COc1ccc(CNC(=O)c2cc(F)c(O)c(Cl)c2)cn1. The van der Waals surface area contributed by atoms with Gasteiger partial charge in [0, 0.05) is 24.4 Å². The third-order valence-corrected chi connectivity index (χ3v) is 3.03. The first-order chi connectivity index (χ1) is 10.0. The van der Waals surface area contributed by atoms with Gasteiger partial charge in [0.25, 0.3) is 5.91 Å². The molecule has 2 aromatic rings. The Morgan fingerprint density at radius 2 is 2.24 bits per heavy atom. The van der Waals surface area contributed by atoms with E-state index in [0.717, 1.165) is 11.6 Å². The number of aromatic nitrogens is 1. The van der Waals surface area contributed by atoms with Gasteiger partial charge in [-0.2, -0.15) is 0 Å². The lowest BCUT2D eigenvalue weighted by Gasteiger charge is -2.07. The van der Waals surface area contributed by atoms with Crippen molar-refractivity contribution in [1.82, 2.24) is 10.3 Å². The second kappa shape index (κ2) is 6.41. The summed E-state index contributed by atoms with van der Waals surface area (Å²) in [6.45, 7) is 0.218. The number of pyridine rings is 1. The van der Waals surface area contributed by atoms with Gasteiger partial charge in [0.1, 0.15) is 0 Å². The van der Waals surface area contributed by atoms with Crippen LogP contribution < -0.4 is 10.1 Å². The summed E-state index contributed by atoms with van der Waals surface area (Å²) in [6, 6.07) is 5.53. The molecular formula is C14H12ClFN2O3. The van der Waals surface area contributed by atoms with Gasteiger partial charge in [0.15, 0.2) is 11.6 Å². The highest BCUT2D eigenvalue weighted by Gasteiger charge is 2.13. The van der Waals surface area contributed by atoms with Gasteiger partial charge in [-0.25, -0.2) is 9.37 Å². The number of hydrogen-bond acceptors (Lipinski definition) is 4. The molecule has 1 aromatic heterocycles. The predicted octanol–water partition coefficient (Wildman–Crippen LogP) is 2.52. The van der Waals surface area contributed by atoms with Gasteiger partial charge in [-0.05, 0) is 17.7 Å². The Morgan fingerprint density at radius 3 is 2.81 bits per heavy atom. The number of phenols is 1. The summed E-state index contributed by atoms with van der Waals surface area (Å²) in [4.78, 5) is 15.9. The molecule has 0 aliphatic carbocycles. The van der Waals surface area contributed by atoms with Gasteiger partial charge in [-0.15, -0.1) is 0 Å². The molecule has 1 amide bonds. The summed E-state index contributed by atoms with van der Waals surface area (Å²) in [7, 11) is 1.51. The number of nitrogens with zero attached hydrogens (tertiary/aromatic N) is 1. The van der Waals surface area contributed by atoms with Crippen LogP contribution in [0, 0.1) is 5.82 Å². The highest BCUT2D eigenvalue weighted by Crippen LogP contribution is 2.27. The molecule has 0 saturated heterocycles. The average molecular weight is 311 g/mol. The lowest BCUT2D eigenvalue weighted by atomic mass is 10.2. The molecule has 1 heterocycles. The second-order valence-corrected chi connectivity index (χ2v) is 4.59. The van der Waals surface area contributed by atoms with Gasteiger partial charge in [-0.3, -0.25) is 4.79 Å². The minimum Gasteiger partial charge on any atom is -0.504 e. The first-order valence-electron chi connectivity index (χ1n) is 5.96. The molecule has 21 heavy (non-hydrogen) atoms. The summed E-state index contributed by atoms with van der Waals surface area (Å²) < 4.78 is 18.2. The number of carbonyl (C=O) groups is 1. The summed E-state index contributed by atoms with van der Waals surface area (Å²) in [5, 5.41) is 11.6. The van der Waals surface area contributed by atoms with Crippen molar-refractivity contribution in [3.05, 3.63) is 52.4 Å². The van der Waals surface area contributed by atoms with Crippen LogP contribution in [-0.4, -0.2) is 23.1 Å². The van der Waals surface area contributed by atoms with Crippen LogP contribution in [0.25, 0.3) is 0 Å². The highest BCUT2D eigenvalue weighted by atomic mass is 35.5. The van der Waals surface area contributed by atoms with Crippen LogP contribution in [0.4, 0.5) is 4.39 Å². The van der Waals surface area contributed by atoms with Crippen LogP contribution in [0.5, 0.6) is 11.6 Å². The van der Waals surface area contributed by atoms with E-state index in [1.54, 1.807) is 18.3 Å². The minimum atomic E-state index is -0.946. The molecule has 5 nitrogen and oxygen atoms in total. The van der Waals surface area contributed by atoms with Gasteiger partial charge in [-0.1, -0.05) is 17.7 Å². The number of methoxy groups -OCH3 is 1. The maximum atomic E-state index is 13.3. The maximum Gasteiger partial charge on any atom is 0.251 e. The Kier molecular flexibility index (Phi) is 4.59. The first kappa shape index (κ1) is 15.1. The number of ether oxygens (including phenoxy) is 1. The van der Waals surface area contributed by atoms with Crippen molar-refractivity contribution in [2.24, 2.45) is 0 Å². The first-order valence-corrected chi connectivity index (χ1v) is 6.34. The number of amides is 1. The Balaban J connectivity index is 2.04. The number of nitrogens with one attached hydrogen (secondary N) is 1. The molecule has 0 atom stereocenters. The summed E-state index contributed by atoms with van der Waals surface area (Å²) in [6.07, 6.45) is 1.56. The Labute approximate surface area is 125 Å². The molecule has 0 aliphatic heterocycles. The van der Waals surface area contributed by atoms with E-state index in [9.17, 15) is 14.3 Å². The molecular weight excluding hydrogens is 299 g/mol. The predicted molar refractivity (Wildman–Crippen MR) is 75.0 cm³/mol. The number of halogens is 2. The largest absolute Gasteiger partial charge is 0.504 e. The molecule has 1 aromatic carbocycles. The number of aromatic hydroxyl groups is 1. The Hall–Kier alpha value is -2.34. The van der Waals surface area contributed by atoms with Crippen LogP contribution in [0.2, 0.25) is 5.02 Å². The van der Waals surface area contributed by atoms with E-state index in [4.69, 9.17) is 16.3 Å². The molecule has 0 saturated carbocycles. The van der Waals surface area contributed by atoms with Gasteiger partial charge in [0.2, 0.25) is 5.88 Å². The fraction of sp³-hybridized carbons (Fsp3) is 0.143. The molecule has 0 fully saturated rings. The number of phenolic OH excluding ortho intramolecular Hbond substituents is 1. The number of carbonyl (C=O) groups excluding carboxylic acids is 1. The lowest BCUT2D eigenvalue weighted by molar-refractivity contribution is 0.0950. The zero-order valence-corrected chi connectivity index (χ0v) is 11.8. The van der Waals surface area contributed by atoms with E-state index in [0.29, 0.717) is 5.88 Å². The minimum absolute atomic E-state index is 0.0248. The van der Waals surface area contributed by atoms with Gasteiger partial charge < -0.3 is 15.2 Å². The molecule has 110 valence electrons. The van der Waals surface area contributed by atoms with Crippen molar-refractivity contribution in [2.45, 2.75) is 6.54 Å². The second-order valence-electron chi connectivity index (χ2n) is 4.18. The van der Waals surface area contributed by atoms with Gasteiger partial charge >= 0.3 is 0 Å². The number of hydrogen-bond donors (Lipinski definition) is 2. The van der Waals surface area contributed by atoms with Crippen LogP contribution >= 0.6 is 11.6 Å². The van der Waals surface area contributed by atoms with Crippen LogP contribution in [-0.2, 0) is 6.54 Å². The quantitative estimate of drug-likeness (QED) is 0.910. The standard InChI is InChI=1S/C14H12ClFN2O3/c1-21-12-3-2-8(6-17-12)7-18-14(20)9-4-10(15)13(19)11(16)5-9/h2-6,19H,7H2,1H3,(H,18,20). The van der Waals surface area contributed by atoms with Crippen molar-refractivity contribution >= 4 is 17.5 Å². The van der Waals surface area contributed by atoms with Crippen LogP contribution in [0.15, 0.2) is 30.5 Å². The number of rotatable bonds is 4. The smallest absolute Gasteiger partial charge is 0.251 e. The van der Waals surface area contributed by atoms with Crippen molar-refractivity contribution in [3.63, 3.8) is 0 Å². The Morgan fingerprint density at radius 1 is 1.48 bits per heavy atom. The van der Waals surface area contributed by atoms with E-state index in [1.807, 2.05) is 0 Å². The zero-order chi connectivity index (χ0) is 15.4. The maximum absolute atomic E-state index is 13.3. The highest BCUT2D eigenvalue weighted by molar-refractivity contribution is 6.32. The molecule has 0 spiro atoms. The molecule has 2 rings (SSSR count). The third-order valence-electron chi connectivity index (χ3n) is 2.74. The normalized spacial score (nSPS) is 10.2. The average Bonchev–Trinajstić information content (AvgIpc) is 2.50. The molecule has 0 bridgehead atoms.